The van der Waals surface area contributed by atoms with Crippen molar-refractivity contribution in [1.82, 2.24) is 9.38 Å². The van der Waals surface area contributed by atoms with E-state index in [1.54, 1.807) is 7.11 Å². The molecular weight excluding hydrogens is 250 g/mol. The highest BCUT2D eigenvalue weighted by molar-refractivity contribution is 6.01. The molecule has 0 radical (unpaired) electrons. The minimum atomic E-state index is 0.625. The van der Waals surface area contributed by atoms with Crippen molar-refractivity contribution in [3.8, 4) is 5.75 Å². The molecule has 4 heteroatoms. The van der Waals surface area contributed by atoms with Gasteiger partial charge in [-0.15, -0.1) is 0 Å². The van der Waals surface area contributed by atoms with Crippen LogP contribution in [0.25, 0.3) is 27.6 Å². The van der Waals surface area contributed by atoms with Crippen molar-refractivity contribution in [3.05, 3.63) is 48.5 Å². The fourth-order valence-electron chi connectivity index (χ4n) is 2.76. The number of benzene rings is 2. The van der Waals surface area contributed by atoms with E-state index in [1.807, 2.05) is 42.5 Å². The van der Waals surface area contributed by atoms with Crippen LogP contribution in [0.2, 0.25) is 0 Å². The lowest BCUT2D eigenvalue weighted by atomic mass is 10.1. The van der Waals surface area contributed by atoms with Crippen LogP contribution in [0, 0.1) is 0 Å². The minimum Gasteiger partial charge on any atom is -0.491 e. The molecule has 0 unspecified atom stereocenters. The quantitative estimate of drug-likeness (QED) is 0.573. The number of rotatable bonds is 1. The molecule has 0 saturated carbocycles. The number of imidazole rings is 1. The monoisotopic (exact) mass is 263 g/mol. The third-order valence-corrected chi connectivity index (χ3v) is 3.65. The molecule has 0 atom stereocenters. The average molecular weight is 263 g/mol. The van der Waals surface area contributed by atoms with Crippen molar-refractivity contribution in [2.45, 2.75) is 0 Å². The molecule has 0 spiro atoms. The Kier molecular flexibility index (Phi) is 2.15. The maximum atomic E-state index is 6.24. The summed E-state index contributed by atoms with van der Waals surface area (Å²) >= 11 is 0. The fourth-order valence-corrected chi connectivity index (χ4v) is 2.76. The van der Waals surface area contributed by atoms with Crippen molar-refractivity contribution in [3.63, 3.8) is 0 Å². The Bertz CT molecular complexity index is 956. The van der Waals surface area contributed by atoms with Crippen LogP contribution in [0.1, 0.15) is 0 Å². The summed E-state index contributed by atoms with van der Waals surface area (Å²) in [6.07, 6.45) is 0. The zero-order chi connectivity index (χ0) is 13.7. The van der Waals surface area contributed by atoms with Gasteiger partial charge in [-0.25, -0.2) is 4.98 Å². The van der Waals surface area contributed by atoms with Crippen molar-refractivity contribution >= 4 is 33.3 Å². The fraction of sp³-hybridized carbons (Fsp3) is 0.0625. The summed E-state index contributed by atoms with van der Waals surface area (Å²) in [7, 11) is 1.62. The van der Waals surface area contributed by atoms with Gasteiger partial charge in [-0.2, -0.15) is 0 Å². The van der Waals surface area contributed by atoms with Crippen LogP contribution in [-0.4, -0.2) is 16.5 Å². The van der Waals surface area contributed by atoms with Crippen molar-refractivity contribution in [2.75, 3.05) is 12.8 Å². The molecule has 98 valence electrons. The summed E-state index contributed by atoms with van der Waals surface area (Å²) in [5.41, 5.74) is 10.6. The highest BCUT2D eigenvalue weighted by atomic mass is 16.5. The number of nitrogen functional groups attached to an aromatic ring is 1. The number of aromatic nitrogens is 2. The molecule has 2 heterocycles. The summed E-state index contributed by atoms with van der Waals surface area (Å²) in [6, 6.07) is 16.1. The smallest absolute Gasteiger partial charge is 0.185 e. The zero-order valence-corrected chi connectivity index (χ0v) is 11.0. The number of nitrogens with zero attached hydrogens (tertiary/aromatic N) is 2. The highest BCUT2D eigenvalue weighted by Gasteiger charge is 2.16. The Hall–Kier alpha value is -2.75. The van der Waals surface area contributed by atoms with Crippen LogP contribution >= 0.6 is 0 Å². The number of fused-ring (bicyclic) bond motifs is 5. The second-order valence-corrected chi connectivity index (χ2v) is 4.72. The third-order valence-electron chi connectivity index (χ3n) is 3.65. The predicted octanol–water partition coefficient (Wildman–Crippen LogP) is 3.23. The van der Waals surface area contributed by atoms with Crippen LogP contribution in [0.3, 0.4) is 0 Å². The molecule has 4 rings (SSSR count). The molecule has 0 saturated heterocycles. The van der Waals surface area contributed by atoms with E-state index in [2.05, 4.69) is 15.5 Å². The van der Waals surface area contributed by atoms with Gasteiger partial charge in [-0.1, -0.05) is 30.3 Å². The van der Waals surface area contributed by atoms with Crippen LogP contribution < -0.4 is 10.5 Å². The molecule has 0 bridgehead atoms. The SMILES string of the molecule is COc1c(N)c2ccccc2n2c1nc1ccccc12. The topological polar surface area (TPSA) is 52.5 Å². The second kappa shape index (κ2) is 3.87. The maximum absolute atomic E-state index is 6.24. The Balaban J connectivity index is 2.40. The van der Waals surface area contributed by atoms with Crippen molar-refractivity contribution < 1.29 is 4.74 Å². The molecule has 2 N–H and O–H groups in total. The van der Waals surface area contributed by atoms with E-state index in [-0.39, 0.29) is 0 Å². The zero-order valence-electron chi connectivity index (χ0n) is 11.0. The Labute approximate surface area is 115 Å². The van der Waals surface area contributed by atoms with Gasteiger partial charge >= 0.3 is 0 Å². The normalized spacial score (nSPS) is 11.4. The van der Waals surface area contributed by atoms with Gasteiger partial charge in [0.15, 0.2) is 11.4 Å². The molecular formula is C16H13N3O. The Morgan fingerprint density at radius 1 is 1.00 bits per heavy atom. The van der Waals surface area contributed by atoms with E-state index in [0.29, 0.717) is 11.4 Å². The molecule has 0 amide bonds. The molecule has 0 aliphatic rings. The first-order chi connectivity index (χ1) is 9.81. The standard InChI is InChI=1S/C16H13N3O/c1-20-15-14(17)10-6-2-4-8-12(10)19-13-9-5-3-7-11(13)18-16(15)19/h2-9H,17H2,1H3. The van der Waals surface area contributed by atoms with Gasteiger partial charge in [0.25, 0.3) is 0 Å². The van der Waals surface area contributed by atoms with Crippen LogP contribution in [-0.2, 0) is 0 Å². The van der Waals surface area contributed by atoms with Gasteiger partial charge < -0.3 is 10.5 Å². The van der Waals surface area contributed by atoms with Crippen molar-refractivity contribution in [2.24, 2.45) is 0 Å². The molecule has 0 fully saturated rings. The van der Waals surface area contributed by atoms with Gasteiger partial charge in [0.2, 0.25) is 0 Å². The summed E-state index contributed by atoms with van der Waals surface area (Å²) in [5.74, 6) is 0.625. The van der Waals surface area contributed by atoms with Gasteiger partial charge in [-0.3, -0.25) is 4.40 Å². The third kappa shape index (κ3) is 1.28. The van der Waals surface area contributed by atoms with E-state index in [4.69, 9.17) is 10.5 Å². The second-order valence-electron chi connectivity index (χ2n) is 4.72. The molecule has 0 aliphatic carbocycles. The Morgan fingerprint density at radius 2 is 1.70 bits per heavy atom. The predicted molar refractivity (Wildman–Crippen MR) is 81.2 cm³/mol. The number of hydrogen-bond acceptors (Lipinski definition) is 3. The highest BCUT2D eigenvalue weighted by Crippen LogP contribution is 2.36. The average Bonchev–Trinajstić information content (AvgIpc) is 2.87. The molecule has 0 aliphatic heterocycles. The molecule has 2 aromatic heterocycles. The van der Waals surface area contributed by atoms with Crippen molar-refractivity contribution in [1.29, 1.82) is 0 Å². The van der Waals surface area contributed by atoms with Gasteiger partial charge in [0.1, 0.15) is 0 Å². The number of nitrogens with two attached hydrogens (primary N) is 1. The largest absolute Gasteiger partial charge is 0.491 e. The number of methoxy groups -OCH3 is 1. The molecule has 4 aromatic rings. The first kappa shape index (κ1) is 11.1. The van der Waals surface area contributed by atoms with Gasteiger partial charge in [-0.05, 0) is 18.2 Å². The number of para-hydroxylation sites is 3. The number of pyridine rings is 1. The summed E-state index contributed by atoms with van der Waals surface area (Å²) in [5, 5.41) is 0.972. The van der Waals surface area contributed by atoms with Gasteiger partial charge in [0.05, 0.1) is 29.3 Å². The number of ether oxygens (including phenoxy) is 1. The minimum absolute atomic E-state index is 0.625. The first-order valence-corrected chi connectivity index (χ1v) is 6.42. The number of hydrogen-bond donors (Lipinski definition) is 1. The van der Waals surface area contributed by atoms with E-state index in [0.717, 1.165) is 27.6 Å². The van der Waals surface area contributed by atoms with Crippen LogP contribution in [0.15, 0.2) is 48.5 Å². The lowest BCUT2D eigenvalue weighted by molar-refractivity contribution is 0.420. The molecule has 2 aromatic carbocycles. The van der Waals surface area contributed by atoms with E-state index in [1.165, 1.54) is 0 Å². The lowest BCUT2D eigenvalue weighted by Gasteiger charge is -2.11. The number of anilines is 1. The maximum Gasteiger partial charge on any atom is 0.185 e. The molecule has 20 heavy (non-hydrogen) atoms. The summed E-state index contributed by atoms with van der Waals surface area (Å²) in [6.45, 7) is 0. The van der Waals surface area contributed by atoms with E-state index >= 15 is 0 Å². The Morgan fingerprint density at radius 3 is 2.50 bits per heavy atom. The molecule has 4 nitrogen and oxygen atoms in total. The van der Waals surface area contributed by atoms with Gasteiger partial charge in [0, 0.05) is 5.39 Å². The lowest BCUT2D eigenvalue weighted by Crippen LogP contribution is -1.99. The summed E-state index contributed by atoms with van der Waals surface area (Å²) < 4.78 is 7.58. The van der Waals surface area contributed by atoms with E-state index in [9.17, 15) is 0 Å². The van der Waals surface area contributed by atoms with E-state index < -0.39 is 0 Å². The van der Waals surface area contributed by atoms with Crippen LogP contribution in [0.5, 0.6) is 5.75 Å². The summed E-state index contributed by atoms with van der Waals surface area (Å²) in [4.78, 5) is 4.65. The first-order valence-electron chi connectivity index (χ1n) is 6.42. The van der Waals surface area contributed by atoms with Crippen LogP contribution in [0.4, 0.5) is 5.69 Å².